The molecule has 0 aromatic rings. The normalized spacial score (nSPS) is 11.1. The Morgan fingerprint density at radius 3 is 0.320 bits per heavy atom. The maximum Gasteiger partial charge on any atom is 0.185 e. The van der Waals surface area contributed by atoms with E-state index in [1.807, 2.05) is 0 Å². The molecule has 8 nitrogen and oxygen atoms in total. The Hall–Kier alpha value is -0.0800. The van der Waals surface area contributed by atoms with Crippen LogP contribution in [0.5, 0.6) is 0 Å². The molecule has 584 valence electrons. The lowest BCUT2D eigenvalue weighted by Crippen LogP contribution is -2.37. The summed E-state index contributed by atoms with van der Waals surface area (Å²) in [5.41, 5.74) is -1.11. The first-order valence-electron chi connectivity index (χ1n) is 42.6. The summed E-state index contributed by atoms with van der Waals surface area (Å²) in [5, 5.41) is 34.2. The van der Waals surface area contributed by atoms with Crippen molar-refractivity contribution in [3.05, 3.63) is 0 Å². The van der Waals surface area contributed by atoms with Crippen molar-refractivity contribution >= 4 is 71.0 Å². The van der Waals surface area contributed by atoms with E-state index in [4.69, 9.17) is 20.4 Å². The largest absolute Gasteiger partial charge is 0.396 e. The van der Waals surface area contributed by atoms with Crippen LogP contribution in [0.25, 0.3) is 0 Å². The van der Waals surface area contributed by atoms with Crippen molar-refractivity contribution in [2.75, 3.05) is 26.4 Å². The van der Waals surface area contributed by atoms with E-state index in [9.17, 15) is 19.2 Å². The molecule has 0 fully saturated rings. The summed E-state index contributed by atoms with van der Waals surface area (Å²) in [5.74, 6) is 0. The average molecular weight is 1450 g/mol. The molecule has 0 aromatic heterocycles. The average Bonchev–Trinajstić information content (AvgIpc) is 3.73. The van der Waals surface area contributed by atoms with Crippen LogP contribution in [0.4, 0.5) is 0 Å². The lowest BCUT2D eigenvalue weighted by molar-refractivity contribution is -0.111. The fourth-order valence-electron chi connectivity index (χ4n) is 12.3. The first-order chi connectivity index (χ1) is 47.3. The first-order valence-corrected chi connectivity index (χ1v) is 44.4. The summed E-state index contributed by atoms with van der Waals surface area (Å²) < 4.78 is 0. The molecular weight excluding hydrogens is 1280 g/mol. The standard InChI is InChI=1S/4C20H40OS.C5H12O4/c4*1-2-3-4-5-6-7-8-9-10-11-12-13-14-15-16-17-18-19-20(21)22;6-1-5(2-7,3-8)4-9/h4*2-19H2,1H3,(H,21,22);6-9H,1-4H2. The lowest BCUT2D eigenvalue weighted by atomic mass is 9.93. The highest BCUT2D eigenvalue weighted by Crippen LogP contribution is 2.20. The molecule has 97 heavy (non-hydrogen) atoms. The molecule has 0 heterocycles. The van der Waals surface area contributed by atoms with Gasteiger partial charge in [-0.15, -0.1) is 50.5 Å². The van der Waals surface area contributed by atoms with Gasteiger partial charge in [-0.25, -0.2) is 0 Å². The Labute approximate surface area is 628 Å². The number of aliphatic hydroxyl groups excluding tert-OH is 4. The van der Waals surface area contributed by atoms with Crippen LogP contribution in [-0.4, -0.2) is 67.3 Å². The van der Waals surface area contributed by atoms with E-state index in [1.54, 1.807) is 0 Å². The van der Waals surface area contributed by atoms with Gasteiger partial charge in [0.15, 0.2) is 20.5 Å². The highest BCUT2D eigenvalue weighted by Gasteiger charge is 2.26. The summed E-state index contributed by atoms with van der Waals surface area (Å²) >= 11 is 15.2. The number of carbonyl (C=O) groups excluding carboxylic acids is 4. The van der Waals surface area contributed by atoms with Crippen LogP contribution in [0, 0.1) is 5.41 Å². The Morgan fingerprint density at radius 2 is 0.258 bits per heavy atom. The van der Waals surface area contributed by atoms with Crippen molar-refractivity contribution in [2.24, 2.45) is 5.41 Å². The first kappa shape index (κ1) is 106. The zero-order chi connectivity index (χ0) is 72.5. The quantitative estimate of drug-likeness (QED) is 0.0222. The summed E-state index contributed by atoms with van der Waals surface area (Å²) in [6.07, 6.45) is 96.4. The number of hydrogen-bond donors (Lipinski definition) is 8. The van der Waals surface area contributed by atoms with E-state index < -0.39 is 31.8 Å². The van der Waals surface area contributed by atoms with Gasteiger partial charge in [0.25, 0.3) is 0 Å². The summed E-state index contributed by atoms with van der Waals surface area (Å²) in [6.45, 7) is 7.51. The predicted molar refractivity (Wildman–Crippen MR) is 442 cm³/mol. The molecule has 0 aromatic carbocycles. The van der Waals surface area contributed by atoms with Gasteiger partial charge in [-0.05, 0) is 25.7 Å². The van der Waals surface area contributed by atoms with Crippen molar-refractivity contribution < 1.29 is 39.6 Å². The van der Waals surface area contributed by atoms with E-state index in [0.29, 0.717) is 25.7 Å². The zero-order valence-corrected chi connectivity index (χ0v) is 69.0. The molecule has 0 saturated carbocycles. The van der Waals surface area contributed by atoms with Crippen LogP contribution in [0.15, 0.2) is 0 Å². The lowest BCUT2D eigenvalue weighted by Gasteiger charge is -2.23. The fraction of sp³-hybridized carbons (Fsp3) is 0.953. The molecule has 0 radical (unpaired) electrons. The van der Waals surface area contributed by atoms with Crippen LogP contribution < -0.4 is 0 Å². The molecule has 0 aliphatic heterocycles. The van der Waals surface area contributed by atoms with Gasteiger partial charge in [-0.1, -0.05) is 439 Å². The number of hydrogen-bond acceptors (Lipinski definition) is 8. The number of unbranched alkanes of at least 4 members (excludes halogenated alkanes) is 64. The molecule has 0 bridgehead atoms. The van der Waals surface area contributed by atoms with Crippen LogP contribution in [0.1, 0.15) is 490 Å². The summed E-state index contributed by atoms with van der Waals surface area (Å²) in [7, 11) is 0. The van der Waals surface area contributed by atoms with Crippen LogP contribution >= 0.6 is 50.5 Å². The zero-order valence-electron chi connectivity index (χ0n) is 65.5. The smallest absolute Gasteiger partial charge is 0.185 e. The third-order valence-electron chi connectivity index (χ3n) is 19.3. The molecule has 0 unspecified atom stereocenters. The molecule has 12 heteroatoms. The SMILES string of the molecule is CCCCCCCCCCCCCCCCCCCC(=O)S.CCCCCCCCCCCCCCCCCCCC(=O)S.CCCCCCCCCCCCCCCCCCCC(=O)S.CCCCCCCCCCCCCCCCCCCC(=O)S.OCC(CO)(CO)CO. The van der Waals surface area contributed by atoms with Gasteiger partial charge in [0.1, 0.15) is 0 Å². The minimum atomic E-state index is -1.11. The Bertz CT molecular complexity index is 1260. The third-order valence-corrected chi connectivity index (χ3v) is 20.2. The Balaban J connectivity index is -0.000000371. The molecule has 0 spiro atoms. The van der Waals surface area contributed by atoms with Gasteiger partial charge in [-0.2, -0.15) is 0 Å². The molecule has 0 rings (SSSR count). The monoisotopic (exact) mass is 1450 g/mol. The second-order valence-electron chi connectivity index (χ2n) is 29.3. The highest BCUT2D eigenvalue weighted by molar-refractivity contribution is 7.97. The van der Waals surface area contributed by atoms with Crippen molar-refractivity contribution in [2.45, 2.75) is 490 Å². The maximum absolute atomic E-state index is 10.7. The number of aliphatic hydroxyl groups is 4. The van der Waals surface area contributed by atoms with Gasteiger partial charge in [0, 0.05) is 25.7 Å². The van der Waals surface area contributed by atoms with E-state index in [2.05, 4.69) is 78.2 Å². The topological polar surface area (TPSA) is 149 Å². The van der Waals surface area contributed by atoms with Crippen molar-refractivity contribution in [3.8, 4) is 0 Å². The molecule has 4 N–H and O–H groups in total. The molecule has 0 amide bonds. The van der Waals surface area contributed by atoms with Crippen LogP contribution in [-0.2, 0) is 19.2 Å². The molecule has 0 aliphatic rings. The third kappa shape index (κ3) is 109. The molecular formula is C85H172O8S4. The van der Waals surface area contributed by atoms with Gasteiger partial charge in [0.2, 0.25) is 0 Å². The Kier molecular flexibility index (Phi) is 107. The van der Waals surface area contributed by atoms with Gasteiger partial charge in [0.05, 0.1) is 31.8 Å². The summed E-state index contributed by atoms with van der Waals surface area (Å²) in [4.78, 5) is 42.7. The molecule has 0 saturated heterocycles. The van der Waals surface area contributed by atoms with Crippen LogP contribution in [0.2, 0.25) is 0 Å². The van der Waals surface area contributed by atoms with Crippen molar-refractivity contribution in [1.29, 1.82) is 0 Å². The van der Waals surface area contributed by atoms with Crippen LogP contribution in [0.3, 0.4) is 0 Å². The fourth-order valence-corrected chi connectivity index (χ4v) is 12.9. The second kappa shape index (κ2) is 98.0. The van der Waals surface area contributed by atoms with Gasteiger partial charge >= 0.3 is 0 Å². The van der Waals surface area contributed by atoms with Crippen molar-refractivity contribution in [1.82, 2.24) is 0 Å². The highest BCUT2D eigenvalue weighted by atomic mass is 32.1. The van der Waals surface area contributed by atoms with E-state index >= 15 is 0 Å². The number of thiol groups is 4. The summed E-state index contributed by atoms with van der Waals surface area (Å²) in [6, 6.07) is 0. The van der Waals surface area contributed by atoms with Gasteiger partial charge in [-0.3, -0.25) is 19.2 Å². The number of rotatable bonds is 76. The van der Waals surface area contributed by atoms with Crippen molar-refractivity contribution in [3.63, 3.8) is 0 Å². The van der Waals surface area contributed by atoms with E-state index in [1.165, 1.54) is 411 Å². The van der Waals surface area contributed by atoms with E-state index in [-0.39, 0.29) is 20.5 Å². The molecule has 0 atom stereocenters. The number of carbonyl (C=O) groups is 4. The minimum Gasteiger partial charge on any atom is -0.396 e. The molecule has 0 aliphatic carbocycles. The second-order valence-corrected chi connectivity index (χ2v) is 31.3. The predicted octanol–water partition coefficient (Wildman–Crippen LogP) is 27.9. The minimum absolute atomic E-state index is 0.0426. The van der Waals surface area contributed by atoms with Gasteiger partial charge < -0.3 is 20.4 Å². The van der Waals surface area contributed by atoms with E-state index in [0.717, 1.165) is 25.7 Å². The maximum atomic E-state index is 10.7. The Morgan fingerprint density at radius 1 is 0.175 bits per heavy atom.